The van der Waals surface area contributed by atoms with Crippen molar-refractivity contribution < 1.29 is 4.74 Å². The first kappa shape index (κ1) is 11.0. The van der Waals surface area contributed by atoms with Crippen molar-refractivity contribution in [2.24, 2.45) is 5.92 Å². The van der Waals surface area contributed by atoms with Gasteiger partial charge in [0.2, 0.25) is 0 Å². The molecule has 1 aliphatic carbocycles. The van der Waals surface area contributed by atoms with E-state index in [0.29, 0.717) is 6.10 Å². The van der Waals surface area contributed by atoms with Gasteiger partial charge in [0.15, 0.2) is 0 Å². The van der Waals surface area contributed by atoms with Gasteiger partial charge in [-0.05, 0) is 38.8 Å². The van der Waals surface area contributed by atoms with Crippen LogP contribution in [0.2, 0.25) is 0 Å². The Morgan fingerprint density at radius 1 is 1.38 bits per heavy atom. The lowest BCUT2D eigenvalue weighted by Gasteiger charge is -2.26. The highest BCUT2D eigenvalue weighted by Crippen LogP contribution is 2.25. The quantitative estimate of drug-likeness (QED) is 0.663. The van der Waals surface area contributed by atoms with Crippen LogP contribution in [-0.4, -0.2) is 26.3 Å². The molecule has 0 heterocycles. The Labute approximate surface area is 82.0 Å². The molecule has 0 bridgehead atoms. The van der Waals surface area contributed by atoms with Gasteiger partial charge in [0.05, 0.1) is 6.10 Å². The topological polar surface area (TPSA) is 21.3 Å². The Morgan fingerprint density at radius 3 is 2.92 bits per heavy atom. The van der Waals surface area contributed by atoms with Crippen LogP contribution in [0.15, 0.2) is 0 Å². The smallest absolute Gasteiger partial charge is 0.0577 e. The Hall–Kier alpha value is -0.0800. The van der Waals surface area contributed by atoms with Gasteiger partial charge in [0, 0.05) is 6.61 Å². The van der Waals surface area contributed by atoms with Crippen LogP contribution < -0.4 is 5.32 Å². The summed E-state index contributed by atoms with van der Waals surface area (Å²) in [6, 6.07) is 0. The molecule has 2 unspecified atom stereocenters. The molecule has 1 fully saturated rings. The molecular weight excluding hydrogens is 162 g/mol. The summed E-state index contributed by atoms with van der Waals surface area (Å²) in [7, 11) is 1.99. The molecule has 0 aromatic rings. The molecule has 1 aliphatic rings. The molecule has 0 aromatic heterocycles. The summed E-state index contributed by atoms with van der Waals surface area (Å²) in [5.41, 5.74) is 0. The van der Waals surface area contributed by atoms with Crippen molar-refractivity contribution in [3.63, 3.8) is 0 Å². The number of rotatable bonds is 5. The van der Waals surface area contributed by atoms with E-state index in [4.69, 9.17) is 4.74 Å². The Morgan fingerprint density at radius 2 is 2.23 bits per heavy atom. The molecule has 0 radical (unpaired) electrons. The molecule has 1 saturated carbocycles. The Balaban J connectivity index is 2.00. The summed E-state index contributed by atoms with van der Waals surface area (Å²) in [6.45, 7) is 4.34. The molecule has 0 aromatic carbocycles. The summed E-state index contributed by atoms with van der Waals surface area (Å²) in [5.74, 6) is 0.878. The molecule has 0 spiro atoms. The van der Waals surface area contributed by atoms with Crippen LogP contribution in [0.5, 0.6) is 0 Å². The van der Waals surface area contributed by atoms with E-state index in [1.807, 2.05) is 7.05 Å². The standard InChI is InChI=1S/C11H23NO/c1-10-5-3-6-11(9-10)13-8-4-7-12-2/h10-12H,3-9H2,1-2H3. The number of ether oxygens (including phenoxy) is 1. The van der Waals surface area contributed by atoms with Gasteiger partial charge in [-0.2, -0.15) is 0 Å². The third-order valence-electron chi connectivity index (χ3n) is 2.81. The molecule has 1 rings (SSSR count). The van der Waals surface area contributed by atoms with Crippen molar-refractivity contribution >= 4 is 0 Å². The average Bonchev–Trinajstić information content (AvgIpc) is 2.13. The Kier molecular flexibility index (Phi) is 5.40. The van der Waals surface area contributed by atoms with E-state index in [-0.39, 0.29) is 0 Å². The zero-order valence-corrected chi connectivity index (χ0v) is 9.01. The van der Waals surface area contributed by atoms with E-state index in [9.17, 15) is 0 Å². The molecule has 2 nitrogen and oxygen atoms in total. The molecule has 13 heavy (non-hydrogen) atoms. The van der Waals surface area contributed by atoms with Crippen LogP contribution in [0.1, 0.15) is 39.0 Å². The molecule has 0 amide bonds. The van der Waals surface area contributed by atoms with E-state index in [0.717, 1.165) is 25.5 Å². The first-order chi connectivity index (χ1) is 6.33. The fraction of sp³-hybridized carbons (Fsp3) is 1.00. The molecule has 2 heteroatoms. The van der Waals surface area contributed by atoms with Crippen LogP contribution >= 0.6 is 0 Å². The minimum absolute atomic E-state index is 0.556. The highest BCUT2D eigenvalue weighted by molar-refractivity contribution is 4.70. The van der Waals surface area contributed by atoms with E-state index >= 15 is 0 Å². The van der Waals surface area contributed by atoms with Gasteiger partial charge in [-0.3, -0.25) is 0 Å². The van der Waals surface area contributed by atoms with E-state index < -0.39 is 0 Å². The summed E-state index contributed by atoms with van der Waals surface area (Å²) in [5, 5.41) is 3.13. The Bertz CT molecular complexity index is 127. The van der Waals surface area contributed by atoms with Gasteiger partial charge in [-0.25, -0.2) is 0 Å². The predicted molar refractivity (Wildman–Crippen MR) is 55.9 cm³/mol. The van der Waals surface area contributed by atoms with Crippen molar-refractivity contribution in [3.8, 4) is 0 Å². The summed E-state index contributed by atoms with van der Waals surface area (Å²) in [4.78, 5) is 0. The molecule has 1 N–H and O–H groups in total. The summed E-state index contributed by atoms with van der Waals surface area (Å²) in [6.07, 6.45) is 7.01. The largest absolute Gasteiger partial charge is 0.378 e. The third-order valence-corrected chi connectivity index (χ3v) is 2.81. The second-order valence-electron chi connectivity index (χ2n) is 4.22. The lowest BCUT2D eigenvalue weighted by Crippen LogP contribution is -2.22. The van der Waals surface area contributed by atoms with Gasteiger partial charge in [0.25, 0.3) is 0 Å². The maximum atomic E-state index is 5.82. The molecule has 78 valence electrons. The second kappa shape index (κ2) is 6.39. The predicted octanol–water partition coefficient (Wildman–Crippen LogP) is 2.19. The number of hydrogen-bond acceptors (Lipinski definition) is 2. The van der Waals surface area contributed by atoms with Crippen LogP contribution in [0, 0.1) is 5.92 Å². The first-order valence-electron chi connectivity index (χ1n) is 5.59. The highest BCUT2D eigenvalue weighted by Gasteiger charge is 2.18. The van der Waals surface area contributed by atoms with Crippen molar-refractivity contribution in [3.05, 3.63) is 0 Å². The average molecular weight is 185 g/mol. The van der Waals surface area contributed by atoms with Crippen LogP contribution in [0.3, 0.4) is 0 Å². The highest BCUT2D eigenvalue weighted by atomic mass is 16.5. The SMILES string of the molecule is CNCCCOC1CCCC(C)C1. The summed E-state index contributed by atoms with van der Waals surface area (Å²) >= 11 is 0. The van der Waals surface area contributed by atoms with E-state index in [1.165, 1.54) is 25.7 Å². The first-order valence-corrected chi connectivity index (χ1v) is 5.59. The minimum Gasteiger partial charge on any atom is -0.378 e. The fourth-order valence-electron chi connectivity index (χ4n) is 2.03. The summed E-state index contributed by atoms with van der Waals surface area (Å²) < 4.78 is 5.82. The van der Waals surface area contributed by atoms with Crippen LogP contribution in [0.25, 0.3) is 0 Å². The maximum Gasteiger partial charge on any atom is 0.0577 e. The maximum absolute atomic E-state index is 5.82. The molecular formula is C11H23NO. The second-order valence-corrected chi connectivity index (χ2v) is 4.22. The fourth-order valence-corrected chi connectivity index (χ4v) is 2.03. The number of hydrogen-bond donors (Lipinski definition) is 1. The van der Waals surface area contributed by atoms with E-state index in [2.05, 4.69) is 12.2 Å². The third kappa shape index (κ3) is 4.63. The molecule has 0 aliphatic heterocycles. The lowest BCUT2D eigenvalue weighted by molar-refractivity contribution is 0.0148. The molecule has 2 atom stereocenters. The van der Waals surface area contributed by atoms with Crippen molar-refractivity contribution in [2.45, 2.75) is 45.1 Å². The molecule has 0 saturated heterocycles. The van der Waals surface area contributed by atoms with Crippen LogP contribution in [0.4, 0.5) is 0 Å². The van der Waals surface area contributed by atoms with E-state index in [1.54, 1.807) is 0 Å². The zero-order valence-electron chi connectivity index (χ0n) is 9.01. The van der Waals surface area contributed by atoms with Crippen molar-refractivity contribution in [1.29, 1.82) is 0 Å². The van der Waals surface area contributed by atoms with Gasteiger partial charge >= 0.3 is 0 Å². The van der Waals surface area contributed by atoms with Crippen LogP contribution in [-0.2, 0) is 4.74 Å². The van der Waals surface area contributed by atoms with Crippen molar-refractivity contribution in [2.75, 3.05) is 20.2 Å². The minimum atomic E-state index is 0.556. The van der Waals surface area contributed by atoms with Gasteiger partial charge < -0.3 is 10.1 Å². The van der Waals surface area contributed by atoms with Crippen molar-refractivity contribution in [1.82, 2.24) is 5.32 Å². The zero-order chi connectivity index (χ0) is 9.52. The lowest BCUT2D eigenvalue weighted by atomic mass is 9.89. The number of nitrogens with one attached hydrogen (secondary N) is 1. The van der Waals surface area contributed by atoms with Gasteiger partial charge in [-0.15, -0.1) is 0 Å². The normalized spacial score (nSPS) is 29.1. The van der Waals surface area contributed by atoms with Gasteiger partial charge in [-0.1, -0.05) is 19.8 Å². The van der Waals surface area contributed by atoms with Gasteiger partial charge in [0.1, 0.15) is 0 Å². The monoisotopic (exact) mass is 185 g/mol.